The standard InChI is InChI=1S/C14H24N2O4S/c1-5-16(8-9-19-3)21(17,18)14-10-12(11-15-2)6-7-13(14)20-4/h6-7,10,15H,5,8-9,11H2,1-4H3. The molecule has 0 aliphatic rings. The molecule has 0 amide bonds. The van der Waals surface area contributed by atoms with Crippen molar-refractivity contribution in [3.63, 3.8) is 0 Å². The van der Waals surface area contributed by atoms with Gasteiger partial charge in [-0.1, -0.05) is 13.0 Å². The number of sulfonamides is 1. The smallest absolute Gasteiger partial charge is 0.246 e. The van der Waals surface area contributed by atoms with Crippen LogP contribution in [0.5, 0.6) is 5.75 Å². The lowest BCUT2D eigenvalue weighted by molar-refractivity contribution is 0.180. The number of rotatable bonds is 9. The van der Waals surface area contributed by atoms with E-state index in [0.29, 0.717) is 32.0 Å². The molecule has 1 N–H and O–H groups in total. The SMILES string of the molecule is CCN(CCOC)S(=O)(=O)c1cc(CNC)ccc1OC. The second-order valence-electron chi connectivity index (χ2n) is 4.51. The maximum Gasteiger partial charge on any atom is 0.246 e. The third-order valence-corrected chi connectivity index (χ3v) is 5.12. The summed E-state index contributed by atoms with van der Waals surface area (Å²) in [4.78, 5) is 0.190. The normalized spacial score (nSPS) is 11.9. The lowest BCUT2D eigenvalue weighted by atomic mass is 10.2. The van der Waals surface area contributed by atoms with Gasteiger partial charge in [-0.15, -0.1) is 0 Å². The number of ether oxygens (including phenoxy) is 2. The van der Waals surface area contributed by atoms with Gasteiger partial charge in [0.05, 0.1) is 13.7 Å². The average molecular weight is 316 g/mol. The van der Waals surface area contributed by atoms with Crippen LogP contribution in [0, 0.1) is 0 Å². The molecule has 6 nitrogen and oxygen atoms in total. The largest absolute Gasteiger partial charge is 0.495 e. The monoisotopic (exact) mass is 316 g/mol. The summed E-state index contributed by atoms with van der Waals surface area (Å²) in [6, 6.07) is 5.18. The van der Waals surface area contributed by atoms with E-state index in [4.69, 9.17) is 9.47 Å². The van der Waals surface area contributed by atoms with Crippen LogP contribution in [0.25, 0.3) is 0 Å². The number of likely N-dealkylation sites (N-methyl/N-ethyl adjacent to an activating group) is 1. The van der Waals surface area contributed by atoms with Crippen LogP contribution >= 0.6 is 0 Å². The van der Waals surface area contributed by atoms with Crippen LogP contribution in [0.2, 0.25) is 0 Å². The highest BCUT2D eigenvalue weighted by molar-refractivity contribution is 7.89. The highest BCUT2D eigenvalue weighted by atomic mass is 32.2. The second-order valence-corrected chi connectivity index (χ2v) is 6.41. The van der Waals surface area contributed by atoms with E-state index >= 15 is 0 Å². The van der Waals surface area contributed by atoms with E-state index in [1.165, 1.54) is 11.4 Å². The first-order valence-electron chi connectivity index (χ1n) is 6.81. The van der Waals surface area contributed by atoms with Crippen molar-refractivity contribution in [2.24, 2.45) is 0 Å². The summed E-state index contributed by atoms with van der Waals surface area (Å²) >= 11 is 0. The van der Waals surface area contributed by atoms with Crippen molar-refractivity contribution in [1.29, 1.82) is 0 Å². The quantitative estimate of drug-likeness (QED) is 0.738. The summed E-state index contributed by atoms with van der Waals surface area (Å²) in [6.45, 7) is 3.44. The van der Waals surface area contributed by atoms with Crippen molar-refractivity contribution in [2.75, 3.05) is 41.0 Å². The van der Waals surface area contributed by atoms with Gasteiger partial charge in [0.1, 0.15) is 10.6 Å². The van der Waals surface area contributed by atoms with Crippen LogP contribution in [0.3, 0.4) is 0 Å². The van der Waals surface area contributed by atoms with E-state index in [1.54, 1.807) is 26.2 Å². The zero-order valence-corrected chi connectivity index (χ0v) is 13.9. The van der Waals surface area contributed by atoms with Crippen molar-refractivity contribution in [1.82, 2.24) is 9.62 Å². The van der Waals surface area contributed by atoms with E-state index < -0.39 is 10.0 Å². The molecule has 0 atom stereocenters. The lowest BCUT2D eigenvalue weighted by Gasteiger charge is -2.21. The van der Waals surface area contributed by atoms with Gasteiger partial charge in [0.2, 0.25) is 10.0 Å². The highest BCUT2D eigenvalue weighted by Gasteiger charge is 2.26. The molecule has 0 saturated carbocycles. The second kappa shape index (κ2) is 8.33. The molecule has 7 heteroatoms. The number of nitrogens with one attached hydrogen (secondary N) is 1. The van der Waals surface area contributed by atoms with Gasteiger partial charge >= 0.3 is 0 Å². The summed E-state index contributed by atoms with van der Waals surface area (Å²) in [5.41, 5.74) is 0.889. The summed E-state index contributed by atoms with van der Waals surface area (Å²) in [6.07, 6.45) is 0. The minimum atomic E-state index is -3.61. The number of nitrogens with zero attached hydrogens (tertiary/aromatic N) is 1. The van der Waals surface area contributed by atoms with Crippen molar-refractivity contribution < 1.29 is 17.9 Å². The summed E-state index contributed by atoms with van der Waals surface area (Å²) in [5, 5.41) is 3.01. The molecule has 0 fully saturated rings. The van der Waals surface area contributed by atoms with Gasteiger partial charge in [0, 0.05) is 26.7 Å². The molecule has 120 valence electrons. The topological polar surface area (TPSA) is 67.9 Å². The number of hydrogen-bond acceptors (Lipinski definition) is 5. The van der Waals surface area contributed by atoms with E-state index in [0.717, 1.165) is 5.56 Å². The predicted octanol–water partition coefficient (Wildman–Crippen LogP) is 1.07. The molecule has 0 aliphatic carbocycles. The molecule has 0 unspecified atom stereocenters. The fourth-order valence-corrected chi connectivity index (χ4v) is 3.66. The zero-order chi connectivity index (χ0) is 15.9. The van der Waals surface area contributed by atoms with Gasteiger partial charge in [0.25, 0.3) is 0 Å². The van der Waals surface area contributed by atoms with Crippen molar-refractivity contribution in [3.05, 3.63) is 23.8 Å². The van der Waals surface area contributed by atoms with Crippen LogP contribution in [-0.2, 0) is 21.3 Å². The van der Waals surface area contributed by atoms with Crippen LogP contribution in [0.1, 0.15) is 12.5 Å². The Morgan fingerprint density at radius 3 is 2.52 bits per heavy atom. The van der Waals surface area contributed by atoms with E-state index in [-0.39, 0.29) is 4.90 Å². The van der Waals surface area contributed by atoms with Crippen molar-refractivity contribution >= 4 is 10.0 Å². The molecule has 0 aromatic heterocycles. The first-order valence-corrected chi connectivity index (χ1v) is 8.25. The van der Waals surface area contributed by atoms with E-state index in [9.17, 15) is 8.42 Å². The third-order valence-electron chi connectivity index (χ3n) is 3.12. The van der Waals surface area contributed by atoms with Crippen LogP contribution in [0.15, 0.2) is 23.1 Å². The lowest BCUT2D eigenvalue weighted by Crippen LogP contribution is -2.34. The number of hydrogen-bond donors (Lipinski definition) is 1. The molecule has 0 bridgehead atoms. The Labute approximate surface area is 127 Å². The van der Waals surface area contributed by atoms with Crippen molar-refractivity contribution in [2.45, 2.75) is 18.4 Å². The van der Waals surface area contributed by atoms with E-state index in [1.807, 2.05) is 13.1 Å². The Bertz CT molecular complexity index is 546. The molecule has 0 saturated heterocycles. The summed E-state index contributed by atoms with van der Waals surface area (Å²) in [7, 11) is 1.23. The molecule has 0 spiro atoms. The molecule has 1 aromatic carbocycles. The number of methoxy groups -OCH3 is 2. The molecule has 1 rings (SSSR count). The number of benzene rings is 1. The maximum atomic E-state index is 12.8. The first kappa shape index (κ1) is 17.9. The maximum absolute atomic E-state index is 12.8. The van der Waals surface area contributed by atoms with Gasteiger partial charge < -0.3 is 14.8 Å². The Balaban J connectivity index is 3.23. The molecular formula is C14H24N2O4S. The molecule has 21 heavy (non-hydrogen) atoms. The van der Waals surface area contributed by atoms with Crippen LogP contribution in [0.4, 0.5) is 0 Å². The molecule has 0 radical (unpaired) electrons. The minimum absolute atomic E-state index is 0.190. The van der Waals surface area contributed by atoms with Gasteiger partial charge in [-0.25, -0.2) is 8.42 Å². The first-order chi connectivity index (χ1) is 10.0. The fraction of sp³-hybridized carbons (Fsp3) is 0.571. The Kier molecular flexibility index (Phi) is 7.10. The Hall–Kier alpha value is -1.15. The average Bonchev–Trinajstić information content (AvgIpc) is 2.48. The van der Waals surface area contributed by atoms with Crippen molar-refractivity contribution in [3.8, 4) is 5.75 Å². The van der Waals surface area contributed by atoms with Crippen LogP contribution in [-0.4, -0.2) is 53.7 Å². The summed E-state index contributed by atoms with van der Waals surface area (Å²) < 4.78 is 37.1. The zero-order valence-electron chi connectivity index (χ0n) is 13.0. The van der Waals surface area contributed by atoms with Gasteiger partial charge in [-0.3, -0.25) is 0 Å². The van der Waals surface area contributed by atoms with E-state index in [2.05, 4.69) is 5.32 Å². The summed E-state index contributed by atoms with van der Waals surface area (Å²) in [5.74, 6) is 0.353. The highest BCUT2D eigenvalue weighted by Crippen LogP contribution is 2.27. The van der Waals surface area contributed by atoms with Gasteiger partial charge in [-0.05, 0) is 24.7 Å². The predicted molar refractivity (Wildman–Crippen MR) is 82.1 cm³/mol. The fourth-order valence-electron chi connectivity index (χ4n) is 2.02. The Morgan fingerprint density at radius 1 is 1.29 bits per heavy atom. The molecule has 0 heterocycles. The molecular weight excluding hydrogens is 292 g/mol. The van der Waals surface area contributed by atoms with Crippen LogP contribution < -0.4 is 10.1 Å². The molecule has 1 aromatic rings. The third kappa shape index (κ3) is 4.41. The Morgan fingerprint density at radius 2 is 2.00 bits per heavy atom. The van der Waals surface area contributed by atoms with Gasteiger partial charge in [-0.2, -0.15) is 4.31 Å². The minimum Gasteiger partial charge on any atom is -0.495 e. The van der Waals surface area contributed by atoms with Gasteiger partial charge in [0.15, 0.2) is 0 Å². The molecule has 0 aliphatic heterocycles.